The maximum atomic E-state index is 12.4. The van der Waals surface area contributed by atoms with E-state index in [1.165, 1.54) is 0 Å². The Balaban J connectivity index is 1.48. The Hall–Kier alpha value is -2.52. The fraction of sp³-hybridized carbons (Fsp3) is 0.750. The van der Waals surface area contributed by atoms with Gasteiger partial charge in [-0.3, -0.25) is 9.59 Å². The standard InChI is InChI=1S/C16H22N2O8/c19-13(23-7-9-5-17-15(21)25-9)11-3-1-2-4-12(11)14(20)24-8-10-6-18-16(22)26-10/h9-12H,1-8H2,(H,17,21)(H,18,22). The van der Waals surface area contributed by atoms with Crippen LogP contribution in [0.4, 0.5) is 9.59 Å². The topological polar surface area (TPSA) is 129 Å². The molecule has 3 fully saturated rings. The Kier molecular flexibility index (Phi) is 5.79. The minimum absolute atomic E-state index is 0.0421. The molecule has 1 saturated carbocycles. The molecule has 3 rings (SSSR count). The van der Waals surface area contributed by atoms with Gasteiger partial charge in [0.1, 0.15) is 13.2 Å². The van der Waals surface area contributed by atoms with Gasteiger partial charge in [0.2, 0.25) is 0 Å². The van der Waals surface area contributed by atoms with Crippen molar-refractivity contribution in [3.63, 3.8) is 0 Å². The maximum Gasteiger partial charge on any atom is 0.407 e. The second kappa shape index (κ2) is 8.24. The normalized spacial score (nSPS) is 30.6. The molecule has 0 aromatic carbocycles. The number of ether oxygens (including phenoxy) is 4. The highest BCUT2D eigenvalue weighted by Crippen LogP contribution is 2.32. The highest BCUT2D eigenvalue weighted by atomic mass is 16.6. The van der Waals surface area contributed by atoms with Gasteiger partial charge in [-0.2, -0.15) is 0 Å². The minimum atomic E-state index is -0.578. The molecule has 10 heteroatoms. The summed E-state index contributed by atoms with van der Waals surface area (Å²) in [5, 5.41) is 4.96. The number of rotatable bonds is 6. The van der Waals surface area contributed by atoms with Crippen LogP contribution in [0.5, 0.6) is 0 Å². The summed E-state index contributed by atoms with van der Waals surface area (Å²) in [5.41, 5.74) is 0. The van der Waals surface area contributed by atoms with Gasteiger partial charge in [-0.05, 0) is 12.8 Å². The molecule has 0 spiro atoms. The van der Waals surface area contributed by atoms with Gasteiger partial charge in [0.15, 0.2) is 12.2 Å². The van der Waals surface area contributed by atoms with Crippen LogP contribution in [0, 0.1) is 11.8 Å². The summed E-state index contributed by atoms with van der Waals surface area (Å²) in [5.74, 6) is -2.12. The first-order valence-corrected chi connectivity index (χ1v) is 8.75. The Morgan fingerprint density at radius 2 is 1.27 bits per heavy atom. The summed E-state index contributed by atoms with van der Waals surface area (Å²) in [6.45, 7) is 0.492. The number of carbonyl (C=O) groups excluding carboxylic acids is 4. The van der Waals surface area contributed by atoms with E-state index >= 15 is 0 Å². The molecule has 4 atom stereocenters. The summed E-state index contributed by atoms with van der Waals surface area (Å²) >= 11 is 0. The van der Waals surface area contributed by atoms with E-state index in [4.69, 9.17) is 18.9 Å². The third kappa shape index (κ3) is 4.55. The third-order valence-corrected chi connectivity index (χ3v) is 4.69. The summed E-state index contributed by atoms with van der Waals surface area (Å²) in [6.07, 6.45) is 0.652. The van der Waals surface area contributed by atoms with Crippen molar-refractivity contribution in [1.82, 2.24) is 10.6 Å². The van der Waals surface area contributed by atoms with Crippen molar-refractivity contribution in [2.75, 3.05) is 26.3 Å². The second-order valence-electron chi connectivity index (χ2n) is 6.57. The first kappa shape index (κ1) is 18.3. The Labute approximate surface area is 149 Å². The van der Waals surface area contributed by atoms with Crippen LogP contribution in [0.25, 0.3) is 0 Å². The molecule has 0 bridgehead atoms. The average Bonchev–Trinajstić information content (AvgIpc) is 3.25. The Morgan fingerprint density at radius 1 is 0.846 bits per heavy atom. The van der Waals surface area contributed by atoms with E-state index in [1.54, 1.807) is 0 Å². The molecule has 1 aliphatic carbocycles. The van der Waals surface area contributed by atoms with Crippen LogP contribution < -0.4 is 10.6 Å². The highest BCUT2D eigenvalue weighted by molar-refractivity contribution is 5.82. The average molecular weight is 370 g/mol. The van der Waals surface area contributed by atoms with Crippen molar-refractivity contribution < 1.29 is 38.1 Å². The number of hydrogen-bond acceptors (Lipinski definition) is 8. The molecule has 10 nitrogen and oxygen atoms in total. The van der Waals surface area contributed by atoms with E-state index in [1.807, 2.05) is 0 Å². The molecule has 2 heterocycles. The van der Waals surface area contributed by atoms with Crippen LogP contribution in [0.2, 0.25) is 0 Å². The van der Waals surface area contributed by atoms with Crippen molar-refractivity contribution >= 4 is 24.1 Å². The van der Waals surface area contributed by atoms with E-state index in [2.05, 4.69) is 10.6 Å². The molecular formula is C16H22N2O8. The predicted octanol–water partition coefficient (Wildman–Crippen LogP) is 0.0960. The monoisotopic (exact) mass is 370 g/mol. The van der Waals surface area contributed by atoms with Crippen LogP contribution in [0.15, 0.2) is 0 Å². The summed E-state index contributed by atoms with van der Waals surface area (Å²) in [4.78, 5) is 46.7. The number of hydrogen-bond donors (Lipinski definition) is 2. The molecule has 2 saturated heterocycles. The van der Waals surface area contributed by atoms with Gasteiger partial charge in [0.25, 0.3) is 0 Å². The SMILES string of the molecule is O=C1NCC(COC(=O)C2CCCCC2C(=O)OCC2CNC(=O)O2)O1. The third-order valence-electron chi connectivity index (χ3n) is 4.69. The van der Waals surface area contributed by atoms with E-state index in [-0.39, 0.29) is 26.3 Å². The predicted molar refractivity (Wildman–Crippen MR) is 83.9 cm³/mol. The molecule has 2 N–H and O–H groups in total. The number of carbonyl (C=O) groups is 4. The summed E-state index contributed by atoms with van der Waals surface area (Å²) in [6, 6.07) is 0. The van der Waals surface area contributed by atoms with E-state index in [0.717, 1.165) is 12.8 Å². The van der Waals surface area contributed by atoms with E-state index < -0.39 is 48.2 Å². The van der Waals surface area contributed by atoms with Gasteiger partial charge in [-0.25, -0.2) is 9.59 Å². The van der Waals surface area contributed by atoms with Crippen molar-refractivity contribution in [3.8, 4) is 0 Å². The lowest BCUT2D eigenvalue weighted by atomic mass is 9.79. The van der Waals surface area contributed by atoms with Crippen molar-refractivity contribution in [1.29, 1.82) is 0 Å². The number of alkyl carbamates (subject to hydrolysis) is 2. The van der Waals surface area contributed by atoms with Gasteiger partial charge in [-0.1, -0.05) is 12.8 Å². The van der Waals surface area contributed by atoms with Gasteiger partial charge in [-0.15, -0.1) is 0 Å². The first-order valence-electron chi connectivity index (χ1n) is 8.75. The Morgan fingerprint density at radius 3 is 1.62 bits per heavy atom. The smallest absolute Gasteiger partial charge is 0.407 e. The molecule has 2 aliphatic heterocycles. The lowest BCUT2D eigenvalue weighted by molar-refractivity contribution is -0.165. The van der Waals surface area contributed by atoms with Crippen LogP contribution >= 0.6 is 0 Å². The Bertz CT molecular complexity index is 531. The highest BCUT2D eigenvalue weighted by Gasteiger charge is 2.39. The van der Waals surface area contributed by atoms with Gasteiger partial charge < -0.3 is 29.6 Å². The number of esters is 2. The quantitative estimate of drug-likeness (QED) is 0.497. The molecule has 3 aliphatic rings. The fourth-order valence-electron chi connectivity index (χ4n) is 3.31. The molecule has 2 amide bonds. The molecule has 26 heavy (non-hydrogen) atoms. The molecular weight excluding hydrogens is 348 g/mol. The summed E-state index contributed by atoms with van der Waals surface area (Å²) in [7, 11) is 0. The van der Waals surface area contributed by atoms with E-state index in [9.17, 15) is 19.2 Å². The van der Waals surface area contributed by atoms with Crippen molar-refractivity contribution in [2.45, 2.75) is 37.9 Å². The largest absolute Gasteiger partial charge is 0.461 e. The van der Waals surface area contributed by atoms with E-state index in [0.29, 0.717) is 12.8 Å². The van der Waals surface area contributed by atoms with Gasteiger partial charge in [0.05, 0.1) is 24.9 Å². The number of amides is 2. The lowest BCUT2D eigenvalue weighted by Gasteiger charge is -2.28. The zero-order valence-corrected chi connectivity index (χ0v) is 14.2. The van der Waals surface area contributed by atoms with Crippen molar-refractivity contribution in [3.05, 3.63) is 0 Å². The zero-order valence-electron chi connectivity index (χ0n) is 14.2. The minimum Gasteiger partial charge on any atom is -0.461 e. The van der Waals surface area contributed by atoms with Crippen LogP contribution in [-0.2, 0) is 28.5 Å². The number of nitrogens with one attached hydrogen (secondary N) is 2. The second-order valence-corrected chi connectivity index (χ2v) is 6.57. The van der Waals surface area contributed by atoms with Crippen LogP contribution in [0.3, 0.4) is 0 Å². The van der Waals surface area contributed by atoms with Crippen molar-refractivity contribution in [2.24, 2.45) is 11.8 Å². The fourth-order valence-corrected chi connectivity index (χ4v) is 3.31. The molecule has 0 aromatic heterocycles. The number of cyclic esters (lactones) is 2. The van der Waals surface area contributed by atoms with Crippen LogP contribution in [-0.4, -0.2) is 62.6 Å². The molecule has 144 valence electrons. The van der Waals surface area contributed by atoms with Gasteiger partial charge >= 0.3 is 24.1 Å². The maximum absolute atomic E-state index is 12.4. The van der Waals surface area contributed by atoms with Crippen LogP contribution in [0.1, 0.15) is 25.7 Å². The molecule has 4 unspecified atom stereocenters. The van der Waals surface area contributed by atoms with Gasteiger partial charge in [0, 0.05) is 0 Å². The summed E-state index contributed by atoms with van der Waals surface area (Å²) < 4.78 is 20.3. The first-order chi connectivity index (χ1) is 12.5. The lowest BCUT2D eigenvalue weighted by Crippen LogP contribution is -2.37. The molecule has 0 radical (unpaired) electrons. The zero-order chi connectivity index (χ0) is 18.5. The molecule has 0 aromatic rings.